The highest BCUT2D eigenvalue weighted by atomic mass is 16.5. The fourth-order valence-corrected chi connectivity index (χ4v) is 1.49. The molecule has 1 aromatic rings. The van der Waals surface area contributed by atoms with Gasteiger partial charge in [-0.3, -0.25) is 4.79 Å². The molecule has 0 fully saturated rings. The zero-order valence-electron chi connectivity index (χ0n) is 11.9. The average molecular weight is 269 g/mol. The number of aromatic nitrogens is 2. The van der Waals surface area contributed by atoms with Gasteiger partial charge in [-0.15, -0.1) is 0 Å². The summed E-state index contributed by atoms with van der Waals surface area (Å²) in [4.78, 5) is 18.6. The molecule has 0 bridgehead atoms. The third-order valence-electron chi connectivity index (χ3n) is 2.45. The minimum Gasteiger partial charge on any atom is -0.382 e. The molecule has 0 aromatic carbocycles. The van der Waals surface area contributed by atoms with E-state index in [1.54, 1.807) is 7.11 Å². The van der Waals surface area contributed by atoms with Gasteiger partial charge in [-0.1, -0.05) is 13.8 Å². The van der Waals surface area contributed by atoms with Crippen molar-refractivity contribution in [2.24, 2.45) is 0 Å². The van der Waals surface area contributed by atoms with Crippen molar-refractivity contribution in [3.05, 3.63) is 27.9 Å². The quantitative estimate of drug-likeness (QED) is 0.637. The van der Waals surface area contributed by atoms with Crippen molar-refractivity contribution >= 4 is 0 Å². The summed E-state index contributed by atoms with van der Waals surface area (Å²) in [5.41, 5.74) is 0.631. The van der Waals surface area contributed by atoms with Crippen LogP contribution in [-0.2, 0) is 22.4 Å². The van der Waals surface area contributed by atoms with Gasteiger partial charge in [-0.05, 0) is 0 Å². The first-order chi connectivity index (χ1) is 9.11. The van der Waals surface area contributed by atoms with E-state index in [0.29, 0.717) is 44.7 Å². The van der Waals surface area contributed by atoms with Crippen LogP contribution in [0.1, 0.15) is 25.4 Å². The van der Waals surface area contributed by atoms with Gasteiger partial charge in [0.1, 0.15) is 5.82 Å². The fourth-order valence-electron chi connectivity index (χ4n) is 1.49. The summed E-state index contributed by atoms with van der Waals surface area (Å²) in [5, 5.41) is 3.24. The Hall–Kier alpha value is -1.24. The maximum absolute atomic E-state index is 11.5. The summed E-state index contributed by atoms with van der Waals surface area (Å²) in [6.07, 6.45) is 0.592. The number of methoxy groups -OCH3 is 1. The van der Waals surface area contributed by atoms with Crippen LogP contribution >= 0.6 is 0 Å². The van der Waals surface area contributed by atoms with E-state index in [9.17, 15) is 4.79 Å². The molecule has 1 rings (SSSR count). The van der Waals surface area contributed by atoms with E-state index >= 15 is 0 Å². The fraction of sp³-hybridized carbons (Fsp3) is 0.692. The number of nitrogens with one attached hydrogen (secondary N) is 2. The Balaban J connectivity index is 2.46. The summed E-state index contributed by atoms with van der Waals surface area (Å²) in [6.45, 7) is 6.35. The van der Waals surface area contributed by atoms with Crippen LogP contribution in [0.4, 0.5) is 0 Å². The van der Waals surface area contributed by atoms with Crippen molar-refractivity contribution in [3.8, 4) is 0 Å². The van der Waals surface area contributed by atoms with E-state index in [1.807, 2.05) is 0 Å². The lowest BCUT2D eigenvalue weighted by Gasteiger charge is -2.08. The SMILES string of the molecule is COCCOCCc1nc(CNC(C)C)cc(=O)[nH]1. The highest BCUT2D eigenvalue weighted by molar-refractivity contribution is 5.03. The van der Waals surface area contributed by atoms with Crippen molar-refractivity contribution in [2.75, 3.05) is 26.9 Å². The molecule has 0 aliphatic rings. The van der Waals surface area contributed by atoms with Crippen LogP contribution in [0.3, 0.4) is 0 Å². The first-order valence-electron chi connectivity index (χ1n) is 6.51. The summed E-state index contributed by atoms with van der Waals surface area (Å²) < 4.78 is 10.2. The Morgan fingerprint density at radius 2 is 2.16 bits per heavy atom. The van der Waals surface area contributed by atoms with E-state index in [0.717, 1.165) is 5.69 Å². The van der Waals surface area contributed by atoms with Crippen LogP contribution in [0, 0.1) is 0 Å². The van der Waals surface area contributed by atoms with Gasteiger partial charge in [0.25, 0.3) is 5.56 Å². The second-order valence-electron chi connectivity index (χ2n) is 4.57. The molecule has 108 valence electrons. The van der Waals surface area contributed by atoms with Gasteiger partial charge in [0.15, 0.2) is 0 Å². The van der Waals surface area contributed by atoms with Crippen LogP contribution in [-0.4, -0.2) is 42.9 Å². The van der Waals surface area contributed by atoms with Crippen LogP contribution in [0.15, 0.2) is 10.9 Å². The molecule has 0 spiro atoms. The molecule has 0 saturated carbocycles. The smallest absolute Gasteiger partial charge is 0.251 e. The summed E-state index contributed by atoms with van der Waals surface area (Å²) in [7, 11) is 1.63. The molecule has 19 heavy (non-hydrogen) atoms. The van der Waals surface area contributed by atoms with E-state index in [4.69, 9.17) is 9.47 Å². The predicted molar refractivity (Wildman–Crippen MR) is 73.2 cm³/mol. The highest BCUT2D eigenvalue weighted by Crippen LogP contribution is 1.95. The minimum absolute atomic E-state index is 0.123. The maximum atomic E-state index is 11.5. The predicted octanol–water partition coefficient (Wildman–Crippen LogP) is 0.473. The molecule has 0 aliphatic heterocycles. The molecule has 0 aliphatic carbocycles. The molecule has 2 N–H and O–H groups in total. The van der Waals surface area contributed by atoms with Crippen molar-refractivity contribution in [3.63, 3.8) is 0 Å². The molecule has 6 nitrogen and oxygen atoms in total. The number of H-pyrrole nitrogens is 1. The number of hydrogen-bond donors (Lipinski definition) is 2. The largest absolute Gasteiger partial charge is 0.382 e. The minimum atomic E-state index is -0.123. The molecule has 0 atom stereocenters. The Morgan fingerprint density at radius 1 is 1.37 bits per heavy atom. The molecule has 6 heteroatoms. The molecule has 0 saturated heterocycles. The van der Waals surface area contributed by atoms with Gasteiger partial charge in [0.05, 0.1) is 25.5 Å². The molecule has 0 amide bonds. The second-order valence-corrected chi connectivity index (χ2v) is 4.57. The van der Waals surface area contributed by atoms with Crippen molar-refractivity contribution in [1.29, 1.82) is 0 Å². The van der Waals surface area contributed by atoms with Crippen LogP contribution in [0.2, 0.25) is 0 Å². The first-order valence-corrected chi connectivity index (χ1v) is 6.51. The van der Waals surface area contributed by atoms with Gasteiger partial charge in [0.2, 0.25) is 0 Å². The van der Waals surface area contributed by atoms with E-state index in [1.165, 1.54) is 6.07 Å². The topological polar surface area (TPSA) is 76.2 Å². The second kappa shape index (κ2) is 8.79. The third-order valence-corrected chi connectivity index (χ3v) is 2.45. The van der Waals surface area contributed by atoms with Crippen LogP contribution in [0.25, 0.3) is 0 Å². The number of aromatic amines is 1. The summed E-state index contributed by atoms with van der Waals surface area (Å²) >= 11 is 0. The Morgan fingerprint density at radius 3 is 2.84 bits per heavy atom. The molecular formula is C13H23N3O3. The van der Waals surface area contributed by atoms with Crippen LogP contribution < -0.4 is 10.9 Å². The van der Waals surface area contributed by atoms with Crippen LogP contribution in [0.5, 0.6) is 0 Å². The van der Waals surface area contributed by atoms with Gasteiger partial charge in [0, 0.05) is 32.2 Å². The summed E-state index contributed by atoms with van der Waals surface area (Å²) in [5.74, 6) is 0.658. The Kier molecular flexibility index (Phi) is 7.32. The number of nitrogens with zero attached hydrogens (tertiary/aromatic N) is 1. The Labute approximate surface area is 113 Å². The lowest BCUT2D eigenvalue weighted by atomic mass is 10.3. The van der Waals surface area contributed by atoms with E-state index in [-0.39, 0.29) is 5.56 Å². The zero-order chi connectivity index (χ0) is 14.1. The first kappa shape index (κ1) is 15.8. The normalized spacial score (nSPS) is 11.2. The Bertz CT molecular complexity index is 418. The lowest BCUT2D eigenvalue weighted by Crippen LogP contribution is -2.24. The molecule has 1 heterocycles. The molecule has 0 unspecified atom stereocenters. The monoisotopic (exact) mass is 269 g/mol. The number of ether oxygens (including phenoxy) is 2. The van der Waals surface area contributed by atoms with Gasteiger partial charge < -0.3 is 19.8 Å². The van der Waals surface area contributed by atoms with Gasteiger partial charge >= 0.3 is 0 Å². The molecule has 1 aromatic heterocycles. The van der Waals surface area contributed by atoms with Gasteiger partial charge in [-0.2, -0.15) is 0 Å². The number of rotatable bonds is 9. The van der Waals surface area contributed by atoms with Gasteiger partial charge in [-0.25, -0.2) is 4.98 Å². The van der Waals surface area contributed by atoms with E-state index < -0.39 is 0 Å². The maximum Gasteiger partial charge on any atom is 0.251 e. The van der Waals surface area contributed by atoms with Crippen molar-refractivity contribution < 1.29 is 9.47 Å². The standard InChI is InChI=1S/C13H23N3O3/c1-10(2)14-9-11-8-13(17)16-12(15-11)4-5-19-7-6-18-3/h8,10,14H,4-7,9H2,1-3H3,(H,15,16,17). The summed E-state index contributed by atoms with van der Waals surface area (Å²) in [6, 6.07) is 1.88. The van der Waals surface area contributed by atoms with Crippen molar-refractivity contribution in [1.82, 2.24) is 15.3 Å². The molecular weight excluding hydrogens is 246 g/mol. The van der Waals surface area contributed by atoms with E-state index in [2.05, 4.69) is 29.1 Å². The lowest BCUT2D eigenvalue weighted by molar-refractivity contribution is 0.0716. The zero-order valence-corrected chi connectivity index (χ0v) is 11.9. The molecule has 0 radical (unpaired) electrons. The third kappa shape index (κ3) is 7.05. The highest BCUT2D eigenvalue weighted by Gasteiger charge is 2.02. The average Bonchev–Trinajstić information content (AvgIpc) is 2.35. The van der Waals surface area contributed by atoms with Crippen molar-refractivity contribution in [2.45, 2.75) is 32.9 Å². The number of hydrogen-bond acceptors (Lipinski definition) is 5.